The van der Waals surface area contributed by atoms with Gasteiger partial charge in [-0.3, -0.25) is 4.79 Å². The lowest BCUT2D eigenvalue weighted by molar-refractivity contribution is -0.125. The van der Waals surface area contributed by atoms with E-state index in [-0.39, 0.29) is 0 Å². The van der Waals surface area contributed by atoms with Crippen molar-refractivity contribution in [2.45, 2.75) is 39.5 Å². The molecule has 1 rings (SSSR count). The number of hydrogen-bond acceptors (Lipinski definition) is 1. The Hall–Kier alpha value is -0.330. The van der Waals surface area contributed by atoms with E-state index < -0.39 is 0 Å². The summed E-state index contributed by atoms with van der Waals surface area (Å²) >= 11 is 0. The van der Waals surface area contributed by atoms with Crippen LogP contribution in [0.2, 0.25) is 0 Å². The second-order valence-corrected chi connectivity index (χ2v) is 3.42. The van der Waals surface area contributed by atoms with Gasteiger partial charge in [0, 0.05) is 12.3 Å². The lowest BCUT2D eigenvalue weighted by Gasteiger charge is -2.23. The van der Waals surface area contributed by atoms with Crippen LogP contribution >= 0.6 is 0 Å². The molecule has 0 N–H and O–H groups in total. The van der Waals surface area contributed by atoms with E-state index in [0.717, 1.165) is 12.8 Å². The Bertz CT molecular complexity index is 129. The Labute approximate surface area is 62.8 Å². The van der Waals surface area contributed by atoms with Gasteiger partial charge in [-0.25, -0.2) is 0 Å². The minimum Gasteiger partial charge on any atom is -0.299 e. The van der Waals surface area contributed by atoms with Crippen LogP contribution in [0.4, 0.5) is 0 Å². The summed E-state index contributed by atoms with van der Waals surface area (Å²) in [5, 5.41) is 0. The lowest BCUT2D eigenvalue weighted by Crippen LogP contribution is -2.22. The van der Waals surface area contributed by atoms with Crippen LogP contribution in [0.5, 0.6) is 0 Å². The van der Waals surface area contributed by atoms with Gasteiger partial charge in [0.1, 0.15) is 5.78 Å². The van der Waals surface area contributed by atoms with Crippen molar-refractivity contribution in [2.75, 3.05) is 0 Å². The number of Topliss-reactive ketones (excluding diaryl/α,β-unsaturated/α-hetero) is 1. The second-order valence-electron chi connectivity index (χ2n) is 3.42. The second kappa shape index (κ2) is 3.18. The molecule has 1 nitrogen and oxygen atoms in total. The van der Waals surface area contributed by atoms with Crippen LogP contribution in [0.25, 0.3) is 0 Å². The third-order valence-corrected chi connectivity index (χ3v) is 2.62. The van der Waals surface area contributed by atoms with Crippen LogP contribution in [0.3, 0.4) is 0 Å². The molecule has 0 amide bonds. The Morgan fingerprint density at radius 2 is 2.20 bits per heavy atom. The van der Waals surface area contributed by atoms with Gasteiger partial charge in [0.25, 0.3) is 0 Å². The molecule has 58 valence electrons. The third kappa shape index (κ3) is 1.59. The quantitative estimate of drug-likeness (QED) is 0.546. The first-order valence-electron chi connectivity index (χ1n) is 4.26. The van der Waals surface area contributed by atoms with E-state index in [1.165, 1.54) is 12.8 Å². The van der Waals surface area contributed by atoms with Crippen molar-refractivity contribution >= 4 is 5.78 Å². The minimum atomic E-state index is 0.350. The molecule has 0 aromatic heterocycles. The molecule has 2 atom stereocenters. The summed E-state index contributed by atoms with van der Waals surface area (Å²) in [5.74, 6) is 1.53. The van der Waals surface area contributed by atoms with Crippen LogP contribution < -0.4 is 0 Å². The van der Waals surface area contributed by atoms with E-state index in [0.29, 0.717) is 17.6 Å². The maximum absolute atomic E-state index is 11.2. The van der Waals surface area contributed by atoms with Gasteiger partial charge in [-0.1, -0.05) is 20.3 Å². The largest absolute Gasteiger partial charge is 0.299 e. The average molecular weight is 140 g/mol. The molecule has 1 aliphatic carbocycles. The molecular weight excluding hydrogens is 124 g/mol. The molecule has 1 heteroatoms. The molecule has 10 heavy (non-hydrogen) atoms. The molecule has 1 fully saturated rings. The van der Waals surface area contributed by atoms with Gasteiger partial charge in [0.2, 0.25) is 0 Å². The first kappa shape index (κ1) is 7.77. The van der Waals surface area contributed by atoms with Gasteiger partial charge in [-0.2, -0.15) is 0 Å². The van der Waals surface area contributed by atoms with Gasteiger partial charge < -0.3 is 0 Å². The molecule has 0 spiro atoms. The van der Waals surface area contributed by atoms with Crippen molar-refractivity contribution in [3.8, 4) is 0 Å². The zero-order valence-corrected chi connectivity index (χ0v) is 6.89. The summed E-state index contributed by atoms with van der Waals surface area (Å²) in [6, 6.07) is 0. The SMILES string of the molecule is CC[C@@H]1CC[C@H](C)C(=O)C1. The summed E-state index contributed by atoms with van der Waals surface area (Å²) in [6.45, 7) is 4.22. The normalized spacial score (nSPS) is 34.4. The molecule has 1 saturated carbocycles. The van der Waals surface area contributed by atoms with Crippen molar-refractivity contribution in [1.29, 1.82) is 0 Å². The van der Waals surface area contributed by atoms with Gasteiger partial charge in [-0.05, 0) is 18.8 Å². The predicted octanol–water partition coefficient (Wildman–Crippen LogP) is 2.40. The number of carbonyl (C=O) groups excluding carboxylic acids is 1. The molecular formula is C9H16O. The molecule has 0 heterocycles. The molecule has 0 unspecified atom stereocenters. The van der Waals surface area contributed by atoms with Crippen LogP contribution in [0, 0.1) is 11.8 Å². The van der Waals surface area contributed by atoms with Crippen molar-refractivity contribution in [3.05, 3.63) is 0 Å². The molecule has 0 saturated heterocycles. The fourth-order valence-electron chi connectivity index (χ4n) is 1.58. The fourth-order valence-corrected chi connectivity index (χ4v) is 1.58. The first-order chi connectivity index (χ1) is 4.74. The van der Waals surface area contributed by atoms with Crippen LogP contribution in [0.15, 0.2) is 0 Å². The maximum Gasteiger partial charge on any atom is 0.135 e. The van der Waals surface area contributed by atoms with Crippen molar-refractivity contribution in [2.24, 2.45) is 11.8 Å². The van der Waals surface area contributed by atoms with E-state index in [1.807, 2.05) is 6.92 Å². The maximum atomic E-state index is 11.2. The van der Waals surface area contributed by atoms with Gasteiger partial charge >= 0.3 is 0 Å². The summed E-state index contributed by atoms with van der Waals surface area (Å²) in [7, 11) is 0. The third-order valence-electron chi connectivity index (χ3n) is 2.62. The number of hydrogen-bond donors (Lipinski definition) is 0. The lowest BCUT2D eigenvalue weighted by atomic mass is 9.81. The summed E-state index contributed by atoms with van der Waals surface area (Å²) < 4.78 is 0. The Morgan fingerprint density at radius 1 is 1.50 bits per heavy atom. The summed E-state index contributed by atoms with van der Waals surface area (Å²) in [4.78, 5) is 11.2. The highest BCUT2D eigenvalue weighted by Gasteiger charge is 2.23. The summed E-state index contributed by atoms with van der Waals surface area (Å²) in [6.07, 6.45) is 4.41. The number of ketones is 1. The fraction of sp³-hybridized carbons (Fsp3) is 0.889. The molecule has 0 aromatic rings. The Morgan fingerprint density at radius 3 is 2.70 bits per heavy atom. The molecule has 0 aromatic carbocycles. The number of rotatable bonds is 1. The molecule has 1 aliphatic rings. The standard InChI is InChI=1S/C9H16O/c1-3-8-5-4-7(2)9(10)6-8/h7-8H,3-6H2,1-2H3/t7-,8+/m0/s1. The van der Waals surface area contributed by atoms with Crippen LogP contribution in [-0.4, -0.2) is 5.78 Å². The van der Waals surface area contributed by atoms with E-state index in [2.05, 4.69) is 6.92 Å². The van der Waals surface area contributed by atoms with E-state index in [4.69, 9.17) is 0 Å². The van der Waals surface area contributed by atoms with Crippen molar-refractivity contribution < 1.29 is 4.79 Å². The van der Waals surface area contributed by atoms with Crippen LogP contribution in [0.1, 0.15) is 39.5 Å². The van der Waals surface area contributed by atoms with E-state index >= 15 is 0 Å². The monoisotopic (exact) mass is 140 g/mol. The zero-order chi connectivity index (χ0) is 7.56. The minimum absolute atomic E-state index is 0.350. The highest BCUT2D eigenvalue weighted by Crippen LogP contribution is 2.27. The Kier molecular flexibility index (Phi) is 2.47. The number of carbonyl (C=O) groups is 1. The topological polar surface area (TPSA) is 17.1 Å². The van der Waals surface area contributed by atoms with Gasteiger partial charge in [0.15, 0.2) is 0 Å². The summed E-state index contributed by atoms with van der Waals surface area (Å²) in [5.41, 5.74) is 0. The van der Waals surface area contributed by atoms with Crippen molar-refractivity contribution in [1.82, 2.24) is 0 Å². The van der Waals surface area contributed by atoms with Gasteiger partial charge in [-0.15, -0.1) is 0 Å². The average Bonchev–Trinajstić information content (AvgIpc) is 1.95. The molecule has 0 aliphatic heterocycles. The molecule has 0 bridgehead atoms. The van der Waals surface area contributed by atoms with Crippen molar-refractivity contribution in [3.63, 3.8) is 0 Å². The molecule has 0 radical (unpaired) electrons. The highest BCUT2D eigenvalue weighted by atomic mass is 16.1. The Balaban J connectivity index is 2.41. The van der Waals surface area contributed by atoms with E-state index in [9.17, 15) is 4.79 Å². The van der Waals surface area contributed by atoms with Gasteiger partial charge in [0.05, 0.1) is 0 Å². The van der Waals surface area contributed by atoms with E-state index in [1.54, 1.807) is 0 Å². The smallest absolute Gasteiger partial charge is 0.135 e. The van der Waals surface area contributed by atoms with Crippen LogP contribution in [-0.2, 0) is 4.79 Å². The highest BCUT2D eigenvalue weighted by molar-refractivity contribution is 5.81. The zero-order valence-electron chi connectivity index (χ0n) is 6.89. The first-order valence-corrected chi connectivity index (χ1v) is 4.26. The predicted molar refractivity (Wildman–Crippen MR) is 41.8 cm³/mol.